The number of hydrogen-bond donors (Lipinski definition) is 1. The Bertz CT molecular complexity index is 1120. The van der Waals surface area contributed by atoms with Crippen LogP contribution in [0.25, 0.3) is 22.1 Å². The fourth-order valence-electron chi connectivity index (χ4n) is 2.93. The van der Waals surface area contributed by atoms with Crippen LogP contribution in [0.4, 0.5) is 0 Å². The number of hydrogen-bond acceptors (Lipinski definition) is 5. The van der Waals surface area contributed by atoms with Crippen LogP contribution in [0.2, 0.25) is 0 Å². The molecule has 0 saturated heterocycles. The normalized spacial score (nSPS) is 10.7. The van der Waals surface area contributed by atoms with E-state index in [0.29, 0.717) is 17.2 Å². The van der Waals surface area contributed by atoms with Crippen molar-refractivity contribution in [3.8, 4) is 22.8 Å². The van der Waals surface area contributed by atoms with E-state index >= 15 is 0 Å². The molecule has 4 aromatic rings. The molecule has 0 fully saturated rings. The predicted octanol–water partition coefficient (Wildman–Crippen LogP) is 4.20. The number of benzene rings is 3. The monoisotopic (exact) mass is 388 g/mol. The minimum atomic E-state index is -0.240. The second-order valence-electron chi connectivity index (χ2n) is 6.49. The van der Waals surface area contributed by atoms with Gasteiger partial charge in [-0.05, 0) is 41.1 Å². The number of carbonyl (C=O) groups excluding carboxylic acids is 1. The summed E-state index contributed by atoms with van der Waals surface area (Å²) in [5.41, 5.74) is 1.59. The van der Waals surface area contributed by atoms with Gasteiger partial charge in [-0.3, -0.25) is 4.79 Å². The molecule has 0 bridgehead atoms. The maximum atomic E-state index is 12.0. The highest BCUT2D eigenvalue weighted by Crippen LogP contribution is 2.25. The van der Waals surface area contributed by atoms with Crippen molar-refractivity contribution in [2.75, 3.05) is 13.7 Å². The zero-order valence-electron chi connectivity index (χ0n) is 15.9. The van der Waals surface area contributed by atoms with Crippen LogP contribution < -0.4 is 14.8 Å². The number of nitrogens with one attached hydrogen (secondary N) is 1. The lowest BCUT2D eigenvalue weighted by atomic mass is 10.1. The van der Waals surface area contributed by atoms with Gasteiger partial charge in [-0.25, -0.2) is 0 Å². The quantitative estimate of drug-likeness (QED) is 0.514. The number of fused-ring (bicyclic) bond motifs is 1. The van der Waals surface area contributed by atoms with E-state index in [1.165, 1.54) is 5.39 Å². The van der Waals surface area contributed by atoms with Gasteiger partial charge in [0, 0.05) is 11.6 Å². The third-order valence-corrected chi connectivity index (χ3v) is 4.49. The lowest BCUT2D eigenvalue weighted by molar-refractivity contribution is -0.123. The lowest BCUT2D eigenvalue weighted by Crippen LogP contribution is -2.28. The van der Waals surface area contributed by atoms with Crippen molar-refractivity contribution in [2.45, 2.75) is 6.54 Å². The summed E-state index contributed by atoms with van der Waals surface area (Å²) in [6.07, 6.45) is 0. The average Bonchev–Trinajstić information content (AvgIpc) is 3.25. The zero-order chi connectivity index (χ0) is 20.1. The van der Waals surface area contributed by atoms with Crippen molar-refractivity contribution in [2.24, 2.45) is 0 Å². The average molecular weight is 388 g/mol. The summed E-state index contributed by atoms with van der Waals surface area (Å²) in [4.78, 5) is 12.0. The SMILES string of the molecule is COc1ccc(OCC(=O)NCc2cc(-c3ccc4ccccc4c3)on2)cc1. The molecule has 0 aliphatic carbocycles. The first kappa shape index (κ1) is 18.6. The van der Waals surface area contributed by atoms with Crippen LogP contribution in [0.3, 0.4) is 0 Å². The van der Waals surface area contributed by atoms with E-state index in [0.717, 1.165) is 16.7 Å². The molecule has 0 radical (unpaired) electrons. The third-order valence-electron chi connectivity index (χ3n) is 4.49. The molecule has 0 spiro atoms. The van der Waals surface area contributed by atoms with Crippen LogP contribution in [0.1, 0.15) is 5.69 Å². The van der Waals surface area contributed by atoms with Crippen LogP contribution in [-0.4, -0.2) is 24.8 Å². The highest BCUT2D eigenvalue weighted by Gasteiger charge is 2.09. The summed E-state index contributed by atoms with van der Waals surface area (Å²) >= 11 is 0. The van der Waals surface area contributed by atoms with E-state index in [4.69, 9.17) is 14.0 Å². The van der Waals surface area contributed by atoms with Crippen LogP contribution in [0, 0.1) is 0 Å². The zero-order valence-corrected chi connectivity index (χ0v) is 15.9. The van der Waals surface area contributed by atoms with Gasteiger partial charge in [0.25, 0.3) is 5.91 Å². The number of nitrogens with zero attached hydrogens (tertiary/aromatic N) is 1. The molecule has 0 aliphatic rings. The molecule has 29 heavy (non-hydrogen) atoms. The fourth-order valence-corrected chi connectivity index (χ4v) is 2.93. The minimum Gasteiger partial charge on any atom is -0.497 e. The first-order valence-electron chi connectivity index (χ1n) is 9.19. The van der Waals surface area contributed by atoms with Gasteiger partial charge in [-0.15, -0.1) is 0 Å². The van der Waals surface area contributed by atoms with E-state index in [2.05, 4.69) is 28.7 Å². The van der Waals surface area contributed by atoms with Gasteiger partial charge in [0.1, 0.15) is 17.2 Å². The molecule has 6 nitrogen and oxygen atoms in total. The summed E-state index contributed by atoms with van der Waals surface area (Å²) in [5, 5.41) is 9.11. The Kier molecular flexibility index (Phi) is 5.42. The summed E-state index contributed by atoms with van der Waals surface area (Å²) in [6.45, 7) is 0.184. The highest BCUT2D eigenvalue weighted by molar-refractivity contribution is 5.86. The molecule has 3 aromatic carbocycles. The smallest absolute Gasteiger partial charge is 0.258 e. The molecule has 4 rings (SSSR count). The number of rotatable bonds is 7. The summed E-state index contributed by atoms with van der Waals surface area (Å²) in [6, 6.07) is 23.1. The van der Waals surface area contributed by atoms with Gasteiger partial charge in [0.2, 0.25) is 0 Å². The number of ether oxygens (including phenoxy) is 2. The first-order valence-corrected chi connectivity index (χ1v) is 9.19. The fraction of sp³-hybridized carbons (Fsp3) is 0.130. The van der Waals surface area contributed by atoms with E-state index in [1.807, 2.05) is 30.3 Å². The second kappa shape index (κ2) is 8.48. The van der Waals surface area contributed by atoms with Crippen molar-refractivity contribution < 1.29 is 18.8 Å². The number of amides is 1. The van der Waals surface area contributed by atoms with Gasteiger partial charge < -0.3 is 19.3 Å². The van der Waals surface area contributed by atoms with Crippen molar-refractivity contribution in [1.29, 1.82) is 0 Å². The van der Waals surface area contributed by atoms with Crippen LogP contribution in [-0.2, 0) is 11.3 Å². The number of carbonyl (C=O) groups is 1. The topological polar surface area (TPSA) is 73.6 Å². The molecular weight excluding hydrogens is 368 g/mol. The third kappa shape index (κ3) is 4.55. The Balaban J connectivity index is 1.32. The largest absolute Gasteiger partial charge is 0.497 e. The van der Waals surface area contributed by atoms with Crippen molar-refractivity contribution in [3.05, 3.63) is 78.5 Å². The first-order chi connectivity index (χ1) is 14.2. The lowest BCUT2D eigenvalue weighted by Gasteiger charge is -2.07. The van der Waals surface area contributed by atoms with Crippen LogP contribution in [0.15, 0.2) is 77.3 Å². The second-order valence-corrected chi connectivity index (χ2v) is 6.49. The van der Waals surface area contributed by atoms with E-state index in [-0.39, 0.29) is 19.1 Å². The van der Waals surface area contributed by atoms with Crippen LogP contribution >= 0.6 is 0 Å². The molecule has 1 N–H and O–H groups in total. The molecule has 0 atom stereocenters. The van der Waals surface area contributed by atoms with Gasteiger partial charge in [0.15, 0.2) is 12.4 Å². The van der Waals surface area contributed by atoms with Gasteiger partial charge in [-0.1, -0.05) is 41.6 Å². The van der Waals surface area contributed by atoms with E-state index in [9.17, 15) is 4.79 Å². The summed E-state index contributed by atoms with van der Waals surface area (Å²) < 4.78 is 16.0. The Morgan fingerprint density at radius 1 is 0.966 bits per heavy atom. The molecule has 0 unspecified atom stereocenters. The maximum absolute atomic E-state index is 12.0. The molecule has 146 valence electrons. The molecule has 0 saturated carbocycles. The molecule has 1 amide bonds. The molecular formula is C23H20N2O4. The number of aromatic nitrogens is 1. The van der Waals surface area contributed by atoms with Crippen molar-refractivity contribution in [3.63, 3.8) is 0 Å². The van der Waals surface area contributed by atoms with Gasteiger partial charge in [0.05, 0.1) is 13.7 Å². The summed E-state index contributed by atoms with van der Waals surface area (Å²) in [5.74, 6) is 1.75. The molecule has 6 heteroatoms. The van der Waals surface area contributed by atoms with Crippen LogP contribution in [0.5, 0.6) is 11.5 Å². The Morgan fingerprint density at radius 2 is 1.72 bits per heavy atom. The Labute approximate surface area is 168 Å². The minimum absolute atomic E-state index is 0.0816. The molecule has 0 aliphatic heterocycles. The van der Waals surface area contributed by atoms with E-state index < -0.39 is 0 Å². The van der Waals surface area contributed by atoms with Crippen molar-refractivity contribution >= 4 is 16.7 Å². The van der Waals surface area contributed by atoms with E-state index in [1.54, 1.807) is 31.4 Å². The maximum Gasteiger partial charge on any atom is 0.258 e. The Hall–Kier alpha value is -3.80. The number of methoxy groups -OCH3 is 1. The van der Waals surface area contributed by atoms with Gasteiger partial charge in [-0.2, -0.15) is 0 Å². The highest BCUT2D eigenvalue weighted by atomic mass is 16.5. The van der Waals surface area contributed by atoms with Crippen molar-refractivity contribution in [1.82, 2.24) is 10.5 Å². The Morgan fingerprint density at radius 3 is 2.52 bits per heavy atom. The summed E-state index contributed by atoms with van der Waals surface area (Å²) in [7, 11) is 1.60. The molecule has 1 aromatic heterocycles. The predicted molar refractivity (Wildman–Crippen MR) is 110 cm³/mol. The standard InChI is InChI=1S/C23H20N2O4/c1-27-20-8-10-21(11-9-20)28-15-23(26)24-14-19-13-22(29-25-19)18-7-6-16-4-2-3-5-17(16)12-18/h2-13H,14-15H2,1H3,(H,24,26). The molecule has 1 heterocycles. The van der Waals surface area contributed by atoms with Gasteiger partial charge >= 0.3 is 0 Å².